The molecule has 1 aliphatic rings. The number of halogens is 1. The van der Waals surface area contributed by atoms with Gasteiger partial charge in [-0.05, 0) is 53.2 Å². The largest absolute Gasteiger partial charge is 0.351 e. The summed E-state index contributed by atoms with van der Waals surface area (Å²) < 4.78 is 1.08. The number of rotatable bonds is 3. The second-order valence-corrected chi connectivity index (χ2v) is 6.05. The summed E-state index contributed by atoms with van der Waals surface area (Å²) in [6.07, 6.45) is 5.62. The van der Waals surface area contributed by atoms with Crippen LogP contribution in [-0.2, 0) is 0 Å². The van der Waals surface area contributed by atoms with Crippen molar-refractivity contribution in [1.82, 2.24) is 4.98 Å². The highest BCUT2D eigenvalue weighted by Crippen LogP contribution is 2.32. The van der Waals surface area contributed by atoms with Crippen molar-refractivity contribution in [3.8, 4) is 0 Å². The zero-order chi connectivity index (χ0) is 13.1. The molecule has 18 heavy (non-hydrogen) atoms. The van der Waals surface area contributed by atoms with E-state index in [1.54, 1.807) is 0 Å². The molecule has 1 aromatic heterocycles. The van der Waals surface area contributed by atoms with Gasteiger partial charge in [0.25, 0.3) is 0 Å². The molecule has 0 radical (unpaired) electrons. The Morgan fingerprint density at radius 1 is 1.56 bits per heavy atom. The summed E-state index contributed by atoms with van der Waals surface area (Å²) in [5, 5.41) is 0. The fourth-order valence-corrected chi connectivity index (χ4v) is 3.44. The quantitative estimate of drug-likeness (QED) is 0.932. The number of piperidine rings is 1. The molecule has 0 bridgehead atoms. The standard InChI is InChI=1S/C14H22BrN3/c1-3-11-4-5-18(12(7-11)8-16)14-13(15)6-10(2)9-17-14/h6,9,11-12H,3-5,7-8,16H2,1-2H3. The Labute approximate surface area is 118 Å². The third kappa shape index (κ3) is 2.86. The molecule has 2 heterocycles. The van der Waals surface area contributed by atoms with E-state index in [2.05, 4.69) is 45.7 Å². The second kappa shape index (κ2) is 6.02. The van der Waals surface area contributed by atoms with E-state index in [9.17, 15) is 0 Å². The molecule has 100 valence electrons. The maximum absolute atomic E-state index is 5.94. The molecule has 1 fully saturated rings. The van der Waals surface area contributed by atoms with E-state index in [0.717, 1.165) is 22.8 Å². The van der Waals surface area contributed by atoms with Crippen molar-refractivity contribution < 1.29 is 0 Å². The molecule has 2 atom stereocenters. The van der Waals surface area contributed by atoms with Gasteiger partial charge in [-0.2, -0.15) is 0 Å². The maximum atomic E-state index is 5.94. The smallest absolute Gasteiger partial charge is 0.143 e. The summed E-state index contributed by atoms with van der Waals surface area (Å²) in [4.78, 5) is 6.94. The van der Waals surface area contributed by atoms with E-state index in [-0.39, 0.29) is 0 Å². The highest BCUT2D eigenvalue weighted by molar-refractivity contribution is 9.10. The summed E-state index contributed by atoms with van der Waals surface area (Å²) in [5.74, 6) is 1.87. The Balaban J connectivity index is 2.21. The Morgan fingerprint density at radius 2 is 2.33 bits per heavy atom. The molecule has 0 aliphatic carbocycles. The monoisotopic (exact) mass is 311 g/mol. The van der Waals surface area contributed by atoms with Crippen LogP contribution >= 0.6 is 15.9 Å². The lowest BCUT2D eigenvalue weighted by atomic mass is 9.89. The van der Waals surface area contributed by atoms with Crippen molar-refractivity contribution >= 4 is 21.7 Å². The third-order valence-corrected chi connectivity index (χ3v) is 4.49. The van der Waals surface area contributed by atoms with Crippen LogP contribution in [0.5, 0.6) is 0 Å². The molecule has 0 saturated carbocycles. The molecule has 2 unspecified atom stereocenters. The average molecular weight is 312 g/mol. The number of aryl methyl sites for hydroxylation is 1. The number of aromatic nitrogens is 1. The minimum absolute atomic E-state index is 0.426. The van der Waals surface area contributed by atoms with Gasteiger partial charge in [0, 0.05) is 25.3 Å². The van der Waals surface area contributed by atoms with Crippen molar-refractivity contribution in [2.75, 3.05) is 18.0 Å². The van der Waals surface area contributed by atoms with Gasteiger partial charge >= 0.3 is 0 Å². The minimum atomic E-state index is 0.426. The SMILES string of the molecule is CCC1CCN(c2ncc(C)cc2Br)C(CN)C1. The van der Waals surface area contributed by atoms with Crippen LogP contribution in [0.3, 0.4) is 0 Å². The van der Waals surface area contributed by atoms with Crippen LogP contribution in [0.2, 0.25) is 0 Å². The van der Waals surface area contributed by atoms with E-state index in [0.29, 0.717) is 12.6 Å². The summed E-state index contributed by atoms with van der Waals surface area (Å²) in [6, 6.07) is 2.55. The number of pyridine rings is 1. The number of hydrogen-bond acceptors (Lipinski definition) is 3. The van der Waals surface area contributed by atoms with Gasteiger partial charge in [0.05, 0.1) is 4.47 Å². The van der Waals surface area contributed by atoms with Gasteiger partial charge in [-0.1, -0.05) is 13.3 Å². The first-order valence-electron chi connectivity index (χ1n) is 6.74. The minimum Gasteiger partial charge on any atom is -0.351 e. The van der Waals surface area contributed by atoms with Gasteiger partial charge in [0.15, 0.2) is 0 Å². The van der Waals surface area contributed by atoms with E-state index in [1.165, 1.54) is 24.8 Å². The maximum Gasteiger partial charge on any atom is 0.143 e. The number of nitrogens with zero attached hydrogens (tertiary/aromatic N) is 2. The van der Waals surface area contributed by atoms with Crippen molar-refractivity contribution in [3.63, 3.8) is 0 Å². The molecular weight excluding hydrogens is 290 g/mol. The first kappa shape index (κ1) is 13.8. The van der Waals surface area contributed by atoms with E-state index in [1.807, 2.05) is 6.20 Å². The number of hydrogen-bond donors (Lipinski definition) is 1. The molecule has 3 nitrogen and oxygen atoms in total. The fourth-order valence-electron chi connectivity index (χ4n) is 2.74. The van der Waals surface area contributed by atoms with E-state index < -0.39 is 0 Å². The zero-order valence-corrected chi connectivity index (χ0v) is 12.8. The zero-order valence-electron chi connectivity index (χ0n) is 11.2. The summed E-state index contributed by atoms with van der Waals surface area (Å²) in [5.41, 5.74) is 7.12. The lowest BCUT2D eigenvalue weighted by molar-refractivity contribution is 0.334. The molecule has 0 spiro atoms. The second-order valence-electron chi connectivity index (χ2n) is 5.20. The van der Waals surface area contributed by atoms with E-state index in [4.69, 9.17) is 5.73 Å². The van der Waals surface area contributed by atoms with Crippen LogP contribution in [0, 0.1) is 12.8 Å². The predicted molar refractivity (Wildman–Crippen MR) is 79.9 cm³/mol. The Morgan fingerprint density at radius 3 is 2.94 bits per heavy atom. The molecule has 0 amide bonds. The van der Waals surface area contributed by atoms with Crippen LogP contribution < -0.4 is 10.6 Å². The van der Waals surface area contributed by atoms with Gasteiger partial charge in [0.2, 0.25) is 0 Å². The highest BCUT2D eigenvalue weighted by Gasteiger charge is 2.28. The molecular formula is C14H22BrN3. The van der Waals surface area contributed by atoms with Crippen LogP contribution in [0.1, 0.15) is 31.7 Å². The Bertz CT molecular complexity index is 408. The first-order valence-corrected chi connectivity index (χ1v) is 7.53. The summed E-state index contributed by atoms with van der Waals surface area (Å²) in [6.45, 7) is 6.10. The number of nitrogens with two attached hydrogens (primary N) is 1. The molecule has 1 aromatic rings. The van der Waals surface area contributed by atoms with Gasteiger partial charge in [0.1, 0.15) is 5.82 Å². The molecule has 4 heteroatoms. The molecule has 0 aromatic carbocycles. The van der Waals surface area contributed by atoms with E-state index >= 15 is 0 Å². The topological polar surface area (TPSA) is 42.2 Å². The highest BCUT2D eigenvalue weighted by atomic mass is 79.9. The molecule has 2 rings (SSSR count). The lowest BCUT2D eigenvalue weighted by Gasteiger charge is -2.40. The van der Waals surface area contributed by atoms with Crippen LogP contribution in [0.15, 0.2) is 16.7 Å². The van der Waals surface area contributed by atoms with Crippen LogP contribution in [0.4, 0.5) is 5.82 Å². The summed E-state index contributed by atoms with van der Waals surface area (Å²) in [7, 11) is 0. The Hall–Kier alpha value is -0.610. The van der Waals surface area contributed by atoms with Gasteiger partial charge in [-0.15, -0.1) is 0 Å². The number of anilines is 1. The summed E-state index contributed by atoms with van der Waals surface area (Å²) >= 11 is 3.63. The van der Waals surface area contributed by atoms with Crippen LogP contribution in [0.25, 0.3) is 0 Å². The van der Waals surface area contributed by atoms with Crippen LogP contribution in [-0.4, -0.2) is 24.1 Å². The predicted octanol–water partition coefficient (Wildman–Crippen LogP) is 3.11. The molecule has 1 saturated heterocycles. The normalized spacial score (nSPS) is 24.3. The third-order valence-electron chi connectivity index (χ3n) is 3.90. The van der Waals surface area contributed by atoms with Gasteiger partial charge in [-0.3, -0.25) is 0 Å². The van der Waals surface area contributed by atoms with Crippen molar-refractivity contribution in [2.24, 2.45) is 11.7 Å². The molecule has 1 aliphatic heterocycles. The average Bonchev–Trinajstić information content (AvgIpc) is 2.38. The van der Waals surface area contributed by atoms with Gasteiger partial charge < -0.3 is 10.6 Å². The first-order chi connectivity index (χ1) is 8.65. The lowest BCUT2D eigenvalue weighted by Crippen LogP contribution is -2.47. The van der Waals surface area contributed by atoms with Crippen molar-refractivity contribution in [3.05, 3.63) is 22.3 Å². The van der Waals surface area contributed by atoms with Crippen molar-refractivity contribution in [1.29, 1.82) is 0 Å². The van der Waals surface area contributed by atoms with Crippen molar-refractivity contribution in [2.45, 2.75) is 39.2 Å². The fraction of sp³-hybridized carbons (Fsp3) is 0.643. The molecule has 2 N–H and O–H groups in total. The van der Waals surface area contributed by atoms with Gasteiger partial charge in [-0.25, -0.2) is 4.98 Å². The Kier molecular flexibility index (Phi) is 4.62.